The van der Waals surface area contributed by atoms with Crippen LogP contribution in [0.15, 0.2) is 64.2 Å². The first-order valence-corrected chi connectivity index (χ1v) is 6.00. The fraction of sp³-hybridized carbons (Fsp3) is 0. The van der Waals surface area contributed by atoms with Crippen molar-refractivity contribution < 1.29 is 4.79 Å². The number of rotatable bonds is 1. The Labute approximate surface area is 108 Å². The molecule has 0 bridgehead atoms. The Balaban J connectivity index is 1.84. The number of aromatic amines is 1. The highest BCUT2D eigenvalue weighted by atomic mass is 16.1. The number of ketones is 1. The first-order valence-electron chi connectivity index (χ1n) is 6.00. The summed E-state index contributed by atoms with van der Waals surface area (Å²) in [5, 5.41) is 1.11. The second-order valence-electron chi connectivity index (χ2n) is 4.44. The quantitative estimate of drug-likeness (QED) is 0.773. The minimum absolute atomic E-state index is 0.0904. The molecule has 0 saturated heterocycles. The SMILES string of the molecule is O=C1C=CC=C2N=C(c3cc4ccccc4[nH]3)N=C12. The molecule has 4 heteroatoms. The molecular formula is C15H9N3O. The molecule has 2 heterocycles. The molecular weight excluding hydrogens is 238 g/mol. The number of nitrogens with zero attached hydrogens (tertiary/aromatic N) is 2. The molecule has 2 aliphatic rings. The van der Waals surface area contributed by atoms with Crippen LogP contribution in [0, 0.1) is 0 Å². The summed E-state index contributed by atoms with van der Waals surface area (Å²) in [6.07, 6.45) is 5.01. The van der Waals surface area contributed by atoms with Gasteiger partial charge in [0.2, 0.25) is 5.78 Å². The van der Waals surface area contributed by atoms with Crippen molar-refractivity contribution in [1.82, 2.24) is 4.98 Å². The number of hydrogen-bond donors (Lipinski definition) is 1. The maximum Gasteiger partial charge on any atom is 0.206 e. The van der Waals surface area contributed by atoms with Crippen LogP contribution < -0.4 is 0 Å². The van der Waals surface area contributed by atoms with E-state index in [0.29, 0.717) is 17.2 Å². The second kappa shape index (κ2) is 3.62. The van der Waals surface area contributed by atoms with Crippen LogP contribution in [0.5, 0.6) is 0 Å². The van der Waals surface area contributed by atoms with E-state index in [4.69, 9.17) is 0 Å². The zero-order chi connectivity index (χ0) is 12.8. The molecule has 0 spiro atoms. The summed E-state index contributed by atoms with van der Waals surface area (Å²) in [5.41, 5.74) is 2.93. The standard InChI is InChI=1S/C15H9N3O/c19-13-7-3-6-11-14(13)18-15(17-11)12-8-9-4-1-2-5-10(9)16-12/h1-8,16H. The van der Waals surface area contributed by atoms with E-state index < -0.39 is 0 Å². The number of benzene rings is 1. The Bertz CT molecular complexity index is 801. The van der Waals surface area contributed by atoms with E-state index in [1.807, 2.05) is 30.3 Å². The number of carbonyl (C=O) groups is 1. The van der Waals surface area contributed by atoms with Crippen molar-refractivity contribution in [3.63, 3.8) is 0 Å². The Hall–Kier alpha value is -2.75. The number of aromatic nitrogens is 1. The number of H-pyrrole nitrogens is 1. The van der Waals surface area contributed by atoms with Gasteiger partial charge in [0.25, 0.3) is 0 Å². The fourth-order valence-corrected chi connectivity index (χ4v) is 2.27. The van der Waals surface area contributed by atoms with Gasteiger partial charge in [-0.25, -0.2) is 9.98 Å². The van der Waals surface area contributed by atoms with Crippen LogP contribution in [0.1, 0.15) is 5.69 Å². The number of allylic oxidation sites excluding steroid dienone is 4. The number of nitrogens with one attached hydrogen (secondary N) is 1. The van der Waals surface area contributed by atoms with E-state index in [1.165, 1.54) is 6.08 Å². The van der Waals surface area contributed by atoms with Crippen LogP contribution in [-0.4, -0.2) is 22.3 Å². The maximum absolute atomic E-state index is 11.7. The molecule has 1 aromatic carbocycles. The van der Waals surface area contributed by atoms with Crippen LogP contribution >= 0.6 is 0 Å². The van der Waals surface area contributed by atoms with Crippen molar-refractivity contribution in [3.05, 3.63) is 60.0 Å². The van der Waals surface area contributed by atoms with Crippen molar-refractivity contribution in [2.45, 2.75) is 0 Å². The summed E-state index contributed by atoms with van der Waals surface area (Å²) < 4.78 is 0. The largest absolute Gasteiger partial charge is 0.352 e. The molecule has 0 saturated carbocycles. The van der Waals surface area contributed by atoms with E-state index >= 15 is 0 Å². The Morgan fingerprint density at radius 2 is 2.00 bits per heavy atom. The molecule has 2 aromatic rings. The van der Waals surface area contributed by atoms with Crippen molar-refractivity contribution in [3.8, 4) is 0 Å². The lowest BCUT2D eigenvalue weighted by Gasteiger charge is -1.98. The molecule has 4 nitrogen and oxygen atoms in total. The molecule has 0 radical (unpaired) electrons. The molecule has 90 valence electrons. The lowest BCUT2D eigenvalue weighted by atomic mass is 10.1. The molecule has 1 aliphatic carbocycles. The van der Waals surface area contributed by atoms with Crippen LogP contribution in [0.3, 0.4) is 0 Å². The normalized spacial score (nSPS) is 17.3. The van der Waals surface area contributed by atoms with E-state index in [-0.39, 0.29) is 5.78 Å². The summed E-state index contributed by atoms with van der Waals surface area (Å²) in [6, 6.07) is 9.98. The number of fused-ring (bicyclic) bond motifs is 2. The van der Waals surface area contributed by atoms with Crippen LogP contribution in [-0.2, 0) is 4.79 Å². The average molecular weight is 247 g/mol. The molecule has 0 unspecified atom stereocenters. The van der Waals surface area contributed by atoms with E-state index in [2.05, 4.69) is 15.0 Å². The van der Waals surface area contributed by atoms with Crippen molar-refractivity contribution >= 4 is 28.2 Å². The monoisotopic (exact) mass is 247 g/mol. The second-order valence-corrected chi connectivity index (χ2v) is 4.44. The predicted molar refractivity (Wildman–Crippen MR) is 74.5 cm³/mol. The number of para-hydroxylation sites is 1. The summed E-state index contributed by atoms with van der Waals surface area (Å²) in [7, 11) is 0. The van der Waals surface area contributed by atoms with Gasteiger partial charge in [-0.15, -0.1) is 0 Å². The smallest absolute Gasteiger partial charge is 0.206 e. The third-order valence-electron chi connectivity index (χ3n) is 3.19. The van der Waals surface area contributed by atoms with Gasteiger partial charge in [0.05, 0.1) is 11.4 Å². The summed E-state index contributed by atoms with van der Waals surface area (Å²) in [4.78, 5) is 23.7. The van der Waals surface area contributed by atoms with Gasteiger partial charge in [0.15, 0.2) is 5.84 Å². The minimum Gasteiger partial charge on any atom is -0.352 e. The molecule has 1 aliphatic heterocycles. The van der Waals surface area contributed by atoms with Gasteiger partial charge in [-0.1, -0.05) is 24.3 Å². The third kappa shape index (κ3) is 1.50. The lowest BCUT2D eigenvalue weighted by molar-refractivity contribution is -0.108. The van der Waals surface area contributed by atoms with Crippen molar-refractivity contribution in [2.24, 2.45) is 9.98 Å². The molecule has 19 heavy (non-hydrogen) atoms. The number of aliphatic imine (C=N–C) groups is 2. The van der Waals surface area contributed by atoms with Gasteiger partial charge >= 0.3 is 0 Å². The molecule has 0 fully saturated rings. The Morgan fingerprint density at radius 1 is 1.11 bits per heavy atom. The zero-order valence-electron chi connectivity index (χ0n) is 9.92. The number of amidine groups is 1. The molecule has 1 N–H and O–H groups in total. The van der Waals surface area contributed by atoms with Crippen molar-refractivity contribution in [1.29, 1.82) is 0 Å². The topological polar surface area (TPSA) is 57.6 Å². The van der Waals surface area contributed by atoms with Crippen LogP contribution in [0.4, 0.5) is 0 Å². The first-order chi connectivity index (χ1) is 9.31. The van der Waals surface area contributed by atoms with E-state index in [0.717, 1.165) is 16.6 Å². The third-order valence-corrected chi connectivity index (χ3v) is 3.19. The van der Waals surface area contributed by atoms with Gasteiger partial charge < -0.3 is 4.98 Å². The minimum atomic E-state index is -0.0904. The van der Waals surface area contributed by atoms with Gasteiger partial charge in [-0.3, -0.25) is 4.79 Å². The number of hydrogen-bond acceptors (Lipinski definition) is 3. The fourth-order valence-electron chi connectivity index (χ4n) is 2.27. The highest BCUT2D eigenvalue weighted by molar-refractivity contribution is 6.53. The van der Waals surface area contributed by atoms with Gasteiger partial charge in [-0.05, 0) is 24.3 Å². The molecule has 0 atom stereocenters. The molecule has 4 rings (SSSR count). The summed E-state index contributed by atoms with van der Waals surface area (Å²) >= 11 is 0. The lowest BCUT2D eigenvalue weighted by Crippen LogP contribution is -2.13. The molecule has 1 aromatic heterocycles. The van der Waals surface area contributed by atoms with Crippen molar-refractivity contribution in [2.75, 3.05) is 0 Å². The Morgan fingerprint density at radius 3 is 2.84 bits per heavy atom. The van der Waals surface area contributed by atoms with E-state index in [9.17, 15) is 4.79 Å². The van der Waals surface area contributed by atoms with Gasteiger partial charge in [0.1, 0.15) is 5.71 Å². The average Bonchev–Trinajstić information content (AvgIpc) is 3.02. The highest BCUT2D eigenvalue weighted by Gasteiger charge is 2.24. The summed E-state index contributed by atoms with van der Waals surface area (Å²) in [5.74, 6) is 0.474. The predicted octanol–water partition coefficient (Wildman–Crippen LogP) is 2.39. The summed E-state index contributed by atoms with van der Waals surface area (Å²) in [6.45, 7) is 0. The van der Waals surface area contributed by atoms with Crippen LogP contribution in [0.2, 0.25) is 0 Å². The molecule has 0 amide bonds. The van der Waals surface area contributed by atoms with Gasteiger partial charge in [0, 0.05) is 10.9 Å². The van der Waals surface area contributed by atoms with Gasteiger partial charge in [-0.2, -0.15) is 0 Å². The van der Waals surface area contributed by atoms with E-state index in [1.54, 1.807) is 12.2 Å². The van der Waals surface area contributed by atoms with Crippen LogP contribution in [0.25, 0.3) is 10.9 Å². The highest BCUT2D eigenvalue weighted by Crippen LogP contribution is 2.21. The first kappa shape index (κ1) is 10.2. The Kier molecular flexibility index (Phi) is 1.94. The number of carbonyl (C=O) groups excluding carboxylic acids is 1. The zero-order valence-corrected chi connectivity index (χ0v) is 9.92. The maximum atomic E-state index is 11.7.